The number of aliphatic imine (C=N–C) groups is 1. The molecule has 1 N–H and O–H groups in total. The van der Waals surface area contributed by atoms with Gasteiger partial charge in [-0.3, -0.25) is 4.99 Å². The fraction of sp³-hybridized carbons (Fsp3) is 0.500. The Labute approximate surface area is 167 Å². The molecule has 0 saturated carbocycles. The number of furan rings is 1. The van der Waals surface area contributed by atoms with E-state index in [1.165, 1.54) is 0 Å². The molecule has 1 saturated heterocycles. The summed E-state index contributed by atoms with van der Waals surface area (Å²) in [4.78, 5) is 6.95. The van der Waals surface area contributed by atoms with Crippen LogP contribution in [0.2, 0.25) is 0 Å². The molecule has 1 fully saturated rings. The number of nitrogens with one attached hydrogen (secondary N) is 1. The summed E-state index contributed by atoms with van der Waals surface area (Å²) in [7, 11) is 2.05. The van der Waals surface area contributed by atoms with Gasteiger partial charge in [-0.15, -0.1) is 0 Å². The summed E-state index contributed by atoms with van der Waals surface area (Å²) in [5.41, 5.74) is 1.15. The van der Waals surface area contributed by atoms with Gasteiger partial charge in [-0.1, -0.05) is 18.2 Å². The second-order valence-corrected chi connectivity index (χ2v) is 7.19. The normalized spacial score (nSPS) is 16.9. The molecule has 0 bridgehead atoms. The zero-order valence-electron chi connectivity index (χ0n) is 16.9. The first-order valence-electron chi connectivity index (χ1n) is 10.0. The highest BCUT2D eigenvalue weighted by molar-refractivity contribution is 5.79. The number of ether oxygens (including phenoxy) is 2. The summed E-state index contributed by atoms with van der Waals surface area (Å²) in [6.45, 7) is 6.63. The minimum Gasteiger partial charge on any atom is -0.491 e. The topological polar surface area (TPSA) is 59.2 Å². The quantitative estimate of drug-likeness (QED) is 0.531. The van der Waals surface area contributed by atoms with Crippen LogP contribution >= 0.6 is 0 Å². The number of hydrogen-bond acceptors (Lipinski definition) is 4. The fourth-order valence-electron chi connectivity index (χ4n) is 3.12. The Balaban J connectivity index is 1.51. The number of para-hydroxylation sites is 1. The van der Waals surface area contributed by atoms with Crippen LogP contribution < -0.4 is 10.1 Å². The second kappa shape index (κ2) is 10.8. The van der Waals surface area contributed by atoms with E-state index in [2.05, 4.69) is 23.2 Å². The minimum atomic E-state index is 0.512. The Kier molecular flexibility index (Phi) is 7.79. The smallest absolute Gasteiger partial charge is 0.193 e. The molecule has 0 amide bonds. The van der Waals surface area contributed by atoms with Crippen LogP contribution in [0.5, 0.6) is 5.75 Å². The van der Waals surface area contributed by atoms with E-state index in [0.29, 0.717) is 12.5 Å². The predicted octanol–water partition coefficient (Wildman–Crippen LogP) is 3.12. The lowest BCUT2D eigenvalue weighted by molar-refractivity contribution is 0.187. The number of benzene rings is 1. The van der Waals surface area contributed by atoms with E-state index in [-0.39, 0.29) is 0 Å². The first kappa shape index (κ1) is 20.3. The van der Waals surface area contributed by atoms with Crippen molar-refractivity contribution in [3.8, 4) is 5.75 Å². The van der Waals surface area contributed by atoms with Crippen molar-refractivity contribution in [2.45, 2.75) is 19.8 Å². The summed E-state index contributed by atoms with van der Waals surface area (Å²) in [5.74, 6) is 3.31. The Bertz CT molecular complexity index is 724. The van der Waals surface area contributed by atoms with Crippen molar-refractivity contribution < 1.29 is 13.9 Å². The molecule has 6 nitrogen and oxygen atoms in total. The van der Waals surface area contributed by atoms with E-state index >= 15 is 0 Å². The fourth-order valence-corrected chi connectivity index (χ4v) is 3.12. The van der Waals surface area contributed by atoms with Gasteiger partial charge < -0.3 is 24.1 Å². The summed E-state index contributed by atoms with van der Waals surface area (Å²) in [5, 5.41) is 3.46. The lowest BCUT2D eigenvalue weighted by atomic mass is 10.1. The highest BCUT2D eigenvalue weighted by Crippen LogP contribution is 2.16. The van der Waals surface area contributed by atoms with E-state index in [0.717, 1.165) is 68.7 Å². The maximum atomic E-state index is 5.94. The van der Waals surface area contributed by atoms with E-state index in [9.17, 15) is 0 Å². The molecule has 28 heavy (non-hydrogen) atoms. The third-order valence-corrected chi connectivity index (χ3v) is 4.90. The standard InChI is InChI=1S/C22H31N3O3/c1-18-6-3-4-8-21(18)28-15-12-25(2)22(24-16-19-10-14-26-17-19)23-11-9-20-7-5-13-27-20/h3-8,13,19H,9-12,14-17H2,1-2H3,(H,23,24). The Morgan fingerprint density at radius 2 is 2.18 bits per heavy atom. The van der Waals surface area contributed by atoms with Crippen molar-refractivity contribution in [3.63, 3.8) is 0 Å². The Hall–Kier alpha value is -2.47. The van der Waals surface area contributed by atoms with Gasteiger partial charge in [-0.25, -0.2) is 0 Å². The SMILES string of the molecule is Cc1ccccc1OCCN(C)C(=NCC1CCOC1)NCCc1ccco1. The molecule has 3 rings (SSSR count). The first-order chi connectivity index (χ1) is 13.7. The van der Waals surface area contributed by atoms with Crippen LogP contribution in [-0.2, 0) is 11.2 Å². The van der Waals surface area contributed by atoms with Crippen LogP contribution in [0.25, 0.3) is 0 Å². The summed E-state index contributed by atoms with van der Waals surface area (Å²) in [6, 6.07) is 12.0. The number of rotatable bonds is 9. The van der Waals surface area contributed by atoms with Crippen LogP contribution in [0.1, 0.15) is 17.7 Å². The van der Waals surface area contributed by atoms with Crippen molar-refractivity contribution in [2.75, 3.05) is 46.5 Å². The van der Waals surface area contributed by atoms with E-state index < -0.39 is 0 Å². The summed E-state index contributed by atoms with van der Waals surface area (Å²) in [6.07, 6.45) is 3.62. The van der Waals surface area contributed by atoms with Gasteiger partial charge in [0.15, 0.2) is 5.96 Å². The van der Waals surface area contributed by atoms with Gasteiger partial charge in [-0.05, 0) is 37.1 Å². The maximum Gasteiger partial charge on any atom is 0.193 e. The van der Waals surface area contributed by atoms with E-state index in [1.54, 1.807) is 6.26 Å². The highest BCUT2D eigenvalue weighted by atomic mass is 16.5. The zero-order chi connectivity index (χ0) is 19.6. The monoisotopic (exact) mass is 385 g/mol. The lowest BCUT2D eigenvalue weighted by Gasteiger charge is -2.23. The van der Waals surface area contributed by atoms with Crippen molar-refractivity contribution >= 4 is 5.96 Å². The predicted molar refractivity (Wildman–Crippen MR) is 111 cm³/mol. The largest absolute Gasteiger partial charge is 0.491 e. The summed E-state index contributed by atoms with van der Waals surface area (Å²) >= 11 is 0. The molecular formula is C22H31N3O3. The molecule has 152 valence electrons. The molecule has 1 aliphatic heterocycles. The number of hydrogen-bond donors (Lipinski definition) is 1. The molecule has 0 aliphatic carbocycles. The van der Waals surface area contributed by atoms with Crippen LogP contribution in [0, 0.1) is 12.8 Å². The van der Waals surface area contributed by atoms with Crippen molar-refractivity contribution in [1.82, 2.24) is 10.2 Å². The number of guanidine groups is 1. The van der Waals surface area contributed by atoms with Gasteiger partial charge in [0.05, 0.1) is 19.4 Å². The van der Waals surface area contributed by atoms with E-state index in [1.807, 2.05) is 37.4 Å². The molecule has 1 aromatic heterocycles. The first-order valence-corrected chi connectivity index (χ1v) is 10.0. The van der Waals surface area contributed by atoms with Gasteiger partial charge in [0, 0.05) is 39.1 Å². The number of likely N-dealkylation sites (N-methyl/N-ethyl adjacent to an activating group) is 1. The van der Waals surface area contributed by atoms with Gasteiger partial charge in [0.2, 0.25) is 0 Å². The molecule has 2 aromatic rings. The zero-order valence-corrected chi connectivity index (χ0v) is 16.9. The maximum absolute atomic E-state index is 5.94. The Morgan fingerprint density at radius 3 is 2.93 bits per heavy atom. The minimum absolute atomic E-state index is 0.512. The average Bonchev–Trinajstić information content (AvgIpc) is 3.40. The van der Waals surface area contributed by atoms with Gasteiger partial charge >= 0.3 is 0 Å². The second-order valence-electron chi connectivity index (χ2n) is 7.19. The molecule has 1 aromatic carbocycles. The molecule has 6 heteroatoms. The van der Waals surface area contributed by atoms with Crippen molar-refractivity contribution in [2.24, 2.45) is 10.9 Å². The van der Waals surface area contributed by atoms with E-state index in [4.69, 9.17) is 18.9 Å². The summed E-state index contributed by atoms with van der Waals surface area (Å²) < 4.78 is 16.8. The van der Waals surface area contributed by atoms with Gasteiger partial charge in [-0.2, -0.15) is 0 Å². The molecular weight excluding hydrogens is 354 g/mol. The molecule has 2 heterocycles. The van der Waals surface area contributed by atoms with Crippen molar-refractivity contribution in [1.29, 1.82) is 0 Å². The third-order valence-electron chi connectivity index (χ3n) is 4.90. The molecule has 1 aliphatic rings. The molecule has 1 unspecified atom stereocenters. The molecule has 0 radical (unpaired) electrons. The third kappa shape index (κ3) is 6.30. The molecule has 1 atom stereocenters. The lowest BCUT2D eigenvalue weighted by Crippen LogP contribution is -2.42. The van der Waals surface area contributed by atoms with Crippen LogP contribution in [0.4, 0.5) is 0 Å². The van der Waals surface area contributed by atoms with Crippen LogP contribution in [0.3, 0.4) is 0 Å². The molecule has 0 spiro atoms. The highest BCUT2D eigenvalue weighted by Gasteiger charge is 2.16. The Morgan fingerprint density at radius 1 is 1.29 bits per heavy atom. The average molecular weight is 386 g/mol. The van der Waals surface area contributed by atoms with Crippen LogP contribution in [0.15, 0.2) is 52.1 Å². The van der Waals surface area contributed by atoms with Gasteiger partial charge in [0.1, 0.15) is 18.1 Å². The van der Waals surface area contributed by atoms with Crippen molar-refractivity contribution in [3.05, 3.63) is 54.0 Å². The number of nitrogens with zero attached hydrogens (tertiary/aromatic N) is 2. The number of aryl methyl sites for hydroxylation is 1. The van der Waals surface area contributed by atoms with Crippen LogP contribution in [-0.4, -0.2) is 57.4 Å². The van der Waals surface area contributed by atoms with Gasteiger partial charge in [0.25, 0.3) is 0 Å².